The van der Waals surface area contributed by atoms with Crippen LogP contribution in [0, 0.1) is 0 Å². The Morgan fingerprint density at radius 3 is 2.87 bits per heavy atom. The molecule has 0 saturated carbocycles. The van der Waals surface area contributed by atoms with Crippen molar-refractivity contribution in [1.29, 1.82) is 0 Å². The van der Waals surface area contributed by atoms with Gasteiger partial charge in [0.05, 0.1) is 6.10 Å². The second kappa shape index (κ2) is 4.81. The molecule has 2 heterocycles. The first-order valence-electron chi connectivity index (χ1n) is 6.31. The first-order valence-corrected chi connectivity index (χ1v) is 6.31. The minimum atomic E-state index is 0.296. The standard InChI is InChI=1S/C12H24N2O/c1-9(2)14-6-4-5-11(14)7-12-13-8-10(3)15-12/h9-13H,4-8H2,1-3H3. The summed E-state index contributed by atoms with van der Waals surface area (Å²) in [5, 5.41) is 3.44. The van der Waals surface area contributed by atoms with Crippen LogP contribution in [-0.2, 0) is 4.74 Å². The van der Waals surface area contributed by atoms with Crippen molar-refractivity contribution in [1.82, 2.24) is 10.2 Å². The van der Waals surface area contributed by atoms with E-state index in [9.17, 15) is 0 Å². The molecule has 88 valence electrons. The Bertz CT molecular complexity index is 208. The third-order valence-electron chi connectivity index (χ3n) is 3.60. The molecule has 0 aliphatic carbocycles. The second-order valence-corrected chi connectivity index (χ2v) is 5.21. The highest BCUT2D eigenvalue weighted by molar-refractivity contribution is 4.85. The van der Waals surface area contributed by atoms with Crippen LogP contribution < -0.4 is 5.32 Å². The van der Waals surface area contributed by atoms with Crippen molar-refractivity contribution in [2.45, 2.75) is 64.4 Å². The molecule has 0 aromatic rings. The minimum Gasteiger partial charge on any atom is -0.359 e. The molecular formula is C12H24N2O. The quantitative estimate of drug-likeness (QED) is 0.769. The molecule has 3 nitrogen and oxygen atoms in total. The third kappa shape index (κ3) is 2.71. The summed E-state index contributed by atoms with van der Waals surface area (Å²) in [6, 6.07) is 1.41. The van der Waals surface area contributed by atoms with Gasteiger partial charge in [0.15, 0.2) is 0 Å². The molecule has 2 saturated heterocycles. The summed E-state index contributed by atoms with van der Waals surface area (Å²) in [6.45, 7) is 9.01. The van der Waals surface area contributed by atoms with Gasteiger partial charge in [-0.25, -0.2) is 0 Å². The maximum atomic E-state index is 5.81. The summed E-state index contributed by atoms with van der Waals surface area (Å²) in [6.07, 6.45) is 4.54. The van der Waals surface area contributed by atoms with E-state index in [0.717, 1.165) is 19.0 Å². The smallest absolute Gasteiger partial charge is 0.110 e. The highest BCUT2D eigenvalue weighted by atomic mass is 16.5. The normalized spacial score (nSPS) is 38.0. The Kier molecular flexibility index (Phi) is 3.65. The van der Waals surface area contributed by atoms with E-state index >= 15 is 0 Å². The fraction of sp³-hybridized carbons (Fsp3) is 1.00. The average molecular weight is 212 g/mol. The lowest BCUT2D eigenvalue weighted by Crippen LogP contribution is -2.39. The molecule has 2 rings (SSSR count). The van der Waals surface area contributed by atoms with Crippen molar-refractivity contribution in [3.63, 3.8) is 0 Å². The Labute approximate surface area is 93.2 Å². The summed E-state index contributed by atoms with van der Waals surface area (Å²) in [4.78, 5) is 2.62. The van der Waals surface area contributed by atoms with Crippen LogP contribution in [0.2, 0.25) is 0 Å². The van der Waals surface area contributed by atoms with Crippen LogP contribution in [0.25, 0.3) is 0 Å². The van der Waals surface area contributed by atoms with Gasteiger partial charge in [0, 0.05) is 25.0 Å². The topological polar surface area (TPSA) is 24.5 Å². The number of likely N-dealkylation sites (tertiary alicyclic amines) is 1. The number of hydrogen-bond acceptors (Lipinski definition) is 3. The van der Waals surface area contributed by atoms with Crippen molar-refractivity contribution in [2.75, 3.05) is 13.1 Å². The molecule has 0 radical (unpaired) electrons. The van der Waals surface area contributed by atoms with Crippen molar-refractivity contribution >= 4 is 0 Å². The summed E-state index contributed by atoms with van der Waals surface area (Å²) in [5.74, 6) is 0. The van der Waals surface area contributed by atoms with E-state index in [1.807, 2.05) is 0 Å². The number of rotatable bonds is 3. The fourth-order valence-electron chi connectivity index (χ4n) is 2.85. The van der Waals surface area contributed by atoms with Crippen molar-refractivity contribution in [3.8, 4) is 0 Å². The van der Waals surface area contributed by atoms with Gasteiger partial charge in [0.25, 0.3) is 0 Å². The van der Waals surface area contributed by atoms with Gasteiger partial charge >= 0.3 is 0 Å². The van der Waals surface area contributed by atoms with E-state index in [-0.39, 0.29) is 0 Å². The highest BCUT2D eigenvalue weighted by Gasteiger charge is 2.31. The van der Waals surface area contributed by atoms with Gasteiger partial charge in [0.2, 0.25) is 0 Å². The molecule has 2 aliphatic rings. The Morgan fingerprint density at radius 2 is 2.27 bits per heavy atom. The molecule has 0 aromatic heterocycles. The Morgan fingerprint density at radius 1 is 1.47 bits per heavy atom. The van der Waals surface area contributed by atoms with E-state index in [4.69, 9.17) is 4.74 Å². The van der Waals surface area contributed by atoms with Crippen LogP contribution in [0.1, 0.15) is 40.0 Å². The van der Waals surface area contributed by atoms with Crippen molar-refractivity contribution in [3.05, 3.63) is 0 Å². The highest BCUT2D eigenvalue weighted by Crippen LogP contribution is 2.25. The van der Waals surface area contributed by atoms with Crippen LogP contribution in [0.5, 0.6) is 0 Å². The summed E-state index contributed by atoms with van der Waals surface area (Å²) >= 11 is 0. The monoisotopic (exact) mass is 212 g/mol. The molecule has 2 fully saturated rings. The molecule has 0 bridgehead atoms. The first-order chi connectivity index (χ1) is 7.16. The molecule has 1 N–H and O–H groups in total. The van der Waals surface area contributed by atoms with Gasteiger partial charge < -0.3 is 4.74 Å². The summed E-state index contributed by atoms with van der Waals surface area (Å²) in [7, 11) is 0. The number of ether oxygens (including phenoxy) is 1. The zero-order valence-corrected chi connectivity index (χ0v) is 10.2. The third-order valence-corrected chi connectivity index (χ3v) is 3.60. The molecule has 3 atom stereocenters. The molecule has 0 amide bonds. The Hall–Kier alpha value is -0.120. The van der Waals surface area contributed by atoms with Crippen LogP contribution in [0.4, 0.5) is 0 Å². The molecule has 0 spiro atoms. The van der Waals surface area contributed by atoms with Crippen molar-refractivity contribution < 1.29 is 4.74 Å². The SMILES string of the molecule is CC1CNC(CC2CCCN2C(C)C)O1. The molecule has 2 aliphatic heterocycles. The van der Waals surface area contributed by atoms with E-state index in [0.29, 0.717) is 18.4 Å². The maximum Gasteiger partial charge on any atom is 0.110 e. The first kappa shape index (κ1) is 11.4. The Balaban J connectivity index is 1.83. The van der Waals surface area contributed by atoms with Gasteiger partial charge in [0.1, 0.15) is 6.23 Å². The van der Waals surface area contributed by atoms with Gasteiger partial charge in [-0.05, 0) is 40.2 Å². The van der Waals surface area contributed by atoms with E-state index in [2.05, 4.69) is 31.0 Å². The maximum absolute atomic E-state index is 5.81. The van der Waals surface area contributed by atoms with E-state index in [1.165, 1.54) is 19.4 Å². The van der Waals surface area contributed by atoms with Gasteiger partial charge in [-0.15, -0.1) is 0 Å². The molecule has 15 heavy (non-hydrogen) atoms. The van der Waals surface area contributed by atoms with E-state index in [1.54, 1.807) is 0 Å². The number of hydrogen-bond donors (Lipinski definition) is 1. The van der Waals surface area contributed by atoms with E-state index < -0.39 is 0 Å². The lowest BCUT2D eigenvalue weighted by atomic mass is 10.1. The van der Waals surface area contributed by atoms with Gasteiger partial charge in [-0.3, -0.25) is 10.2 Å². The zero-order chi connectivity index (χ0) is 10.8. The van der Waals surface area contributed by atoms with Crippen LogP contribution in [-0.4, -0.2) is 42.4 Å². The van der Waals surface area contributed by atoms with Gasteiger partial charge in [-0.1, -0.05) is 0 Å². The molecule has 3 unspecified atom stereocenters. The fourth-order valence-corrected chi connectivity index (χ4v) is 2.85. The van der Waals surface area contributed by atoms with Crippen LogP contribution >= 0.6 is 0 Å². The zero-order valence-electron chi connectivity index (χ0n) is 10.2. The van der Waals surface area contributed by atoms with Crippen LogP contribution in [0.15, 0.2) is 0 Å². The summed E-state index contributed by atoms with van der Waals surface area (Å²) in [5.41, 5.74) is 0. The average Bonchev–Trinajstić information content (AvgIpc) is 2.75. The molecule has 3 heteroatoms. The second-order valence-electron chi connectivity index (χ2n) is 5.21. The predicted octanol–water partition coefficient (Wildman–Crippen LogP) is 1.58. The summed E-state index contributed by atoms with van der Waals surface area (Å²) < 4.78 is 5.81. The molecule has 0 aromatic carbocycles. The number of nitrogens with zero attached hydrogens (tertiary/aromatic N) is 1. The van der Waals surface area contributed by atoms with Crippen LogP contribution in [0.3, 0.4) is 0 Å². The predicted molar refractivity (Wildman–Crippen MR) is 61.8 cm³/mol. The minimum absolute atomic E-state index is 0.296. The number of nitrogens with one attached hydrogen (secondary N) is 1. The lowest BCUT2D eigenvalue weighted by molar-refractivity contribution is 0.0268. The lowest BCUT2D eigenvalue weighted by Gasteiger charge is -2.29. The largest absolute Gasteiger partial charge is 0.359 e. The van der Waals surface area contributed by atoms with Gasteiger partial charge in [-0.2, -0.15) is 0 Å². The van der Waals surface area contributed by atoms with Crippen molar-refractivity contribution in [2.24, 2.45) is 0 Å². The molecular weight excluding hydrogens is 188 g/mol.